The highest BCUT2D eigenvalue weighted by Gasteiger charge is 2.69. The fraction of sp³-hybridized carbons (Fsp3) is 0.870. The Morgan fingerprint density at radius 1 is 1.07 bits per heavy atom. The average Bonchev–Trinajstić information content (AvgIpc) is 2.90. The Bertz CT molecular complexity index is 753. The normalized spacial score (nSPS) is 51.6. The summed E-state index contributed by atoms with van der Waals surface area (Å²) in [7, 11) is 0. The molecule has 4 aliphatic rings. The molecule has 9 atom stereocenters. The van der Waals surface area contributed by atoms with Crippen molar-refractivity contribution in [2.75, 3.05) is 0 Å². The van der Waals surface area contributed by atoms with E-state index < -0.39 is 4.32 Å². The minimum atomic E-state index is -0.535. The molecule has 0 aliphatic heterocycles. The van der Waals surface area contributed by atoms with Gasteiger partial charge in [-0.1, -0.05) is 45.7 Å². The lowest BCUT2D eigenvalue weighted by atomic mass is 9.44. The molecule has 0 bridgehead atoms. The number of hydrogen-bond acceptors (Lipinski definition) is 4. The molecule has 4 nitrogen and oxygen atoms in total. The van der Waals surface area contributed by atoms with Gasteiger partial charge in [-0.3, -0.25) is 14.4 Å². The minimum Gasteiger partial charge on any atom is -0.462 e. The van der Waals surface area contributed by atoms with E-state index in [2.05, 4.69) is 45.7 Å². The van der Waals surface area contributed by atoms with E-state index in [1.54, 1.807) is 6.92 Å². The van der Waals surface area contributed by atoms with Gasteiger partial charge in [-0.05, 0) is 74.0 Å². The summed E-state index contributed by atoms with van der Waals surface area (Å²) < 4.78 is 5.48. The van der Waals surface area contributed by atoms with Crippen LogP contribution >= 0.6 is 31.9 Å². The molecule has 0 spiro atoms. The van der Waals surface area contributed by atoms with Gasteiger partial charge < -0.3 is 4.74 Å². The van der Waals surface area contributed by atoms with Crippen LogP contribution in [0.2, 0.25) is 0 Å². The van der Waals surface area contributed by atoms with Gasteiger partial charge in [-0.2, -0.15) is 0 Å². The smallest absolute Gasteiger partial charge is 0.302 e. The van der Waals surface area contributed by atoms with Crippen molar-refractivity contribution in [1.29, 1.82) is 0 Å². The molecule has 162 valence electrons. The van der Waals surface area contributed by atoms with Gasteiger partial charge in [0.1, 0.15) is 17.7 Å². The van der Waals surface area contributed by atoms with Gasteiger partial charge >= 0.3 is 5.97 Å². The highest BCUT2D eigenvalue weighted by molar-refractivity contribution is 9.10. The quantitative estimate of drug-likeness (QED) is 0.361. The lowest BCUT2D eigenvalue weighted by Crippen LogP contribution is -2.63. The minimum absolute atomic E-state index is 0.0276. The number of rotatable bonds is 2. The lowest BCUT2D eigenvalue weighted by molar-refractivity contribution is -0.191. The van der Waals surface area contributed by atoms with E-state index in [0.29, 0.717) is 30.5 Å². The third-order valence-electron chi connectivity index (χ3n) is 9.39. The molecule has 0 aromatic carbocycles. The standard InChI is InChI=1S/C23H32Br2O4/c1-12(26)23(25)10-7-15-14-5-6-16-20(24)17(28)8-9-21(16,3)19(14)18(29-13(2)27)11-22(15,23)4/h14-16,18-20H,5-11H2,1-4H3/t14-,15-,16?,18+,19+,20?,21-,22-,23-/m0/s1. The summed E-state index contributed by atoms with van der Waals surface area (Å²) in [5, 5.41) is 0. The molecule has 29 heavy (non-hydrogen) atoms. The Hall–Kier alpha value is -0.230. The van der Waals surface area contributed by atoms with Gasteiger partial charge in [0.15, 0.2) is 0 Å². The fourth-order valence-electron chi connectivity index (χ4n) is 8.06. The van der Waals surface area contributed by atoms with Crippen molar-refractivity contribution < 1.29 is 19.1 Å². The van der Waals surface area contributed by atoms with Crippen LogP contribution in [0.4, 0.5) is 0 Å². The second-order valence-corrected chi connectivity index (χ2v) is 12.9. The van der Waals surface area contributed by atoms with Crippen LogP contribution in [-0.4, -0.2) is 32.8 Å². The average molecular weight is 532 g/mol. The molecule has 4 saturated carbocycles. The van der Waals surface area contributed by atoms with Crippen molar-refractivity contribution in [1.82, 2.24) is 0 Å². The Morgan fingerprint density at radius 2 is 1.76 bits per heavy atom. The molecule has 4 aliphatic carbocycles. The highest BCUT2D eigenvalue weighted by atomic mass is 79.9. The third-order valence-corrected chi connectivity index (χ3v) is 12.4. The Labute approximate surface area is 190 Å². The van der Waals surface area contributed by atoms with Gasteiger partial charge in [0, 0.05) is 19.3 Å². The number of alkyl halides is 2. The largest absolute Gasteiger partial charge is 0.462 e. The van der Waals surface area contributed by atoms with Crippen molar-refractivity contribution in [2.24, 2.45) is 34.5 Å². The third kappa shape index (κ3) is 2.97. The zero-order chi connectivity index (χ0) is 21.4. The fourth-order valence-corrected chi connectivity index (χ4v) is 9.84. The monoisotopic (exact) mass is 530 g/mol. The summed E-state index contributed by atoms with van der Waals surface area (Å²) in [5.41, 5.74) is -0.248. The van der Waals surface area contributed by atoms with Crippen molar-refractivity contribution in [3.8, 4) is 0 Å². The zero-order valence-corrected chi connectivity index (χ0v) is 21.0. The first-order valence-electron chi connectivity index (χ1n) is 11.0. The lowest BCUT2D eigenvalue weighted by Gasteiger charge is -2.63. The van der Waals surface area contributed by atoms with E-state index >= 15 is 0 Å². The number of ether oxygens (including phenoxy) is 1. The summed E-state index contributed by atoms with van der Waals surface area (Å²) in [4.78, 5) is 37.1. The van der Waals surface area contributed by atoms with Crippen LogP contribution in [0.5, 0.6) is 0 Å². The number of hydrogen-bond donors (Lipinski definition) is 0. The van der Waals surface area contributed by atoms with Crippen molar-refractivity contribution in [3.63, 3.8) is 0 Å². The van der Waals surface area contributed by atoms with Gasteiger partial charge in [0.05, 0.1) is 9.15 Å². The van der Waals surface area contributed by atoms with E-state index in [0.717, 1.165) is 32.1 Å². The topological polar surface area (TPSA) is 60.4 Å². The van der Waals surface area contributed by atoms with Gasteiger partial charge in [-0.15, -0.1) is 0 Å². The molecule has 4 fully saturated rings. The number of ketones is 2. The first-order chi connectivity index (χ1) is 13.5. The number of fused-ring (bicyclic) bond motifs is 5. The highest BCUT2D eigenvalue weighted by Crippen LogP contribution is 2.70. The molecule has 0 saturated heterocycles. The van der Waals surface area contributed by atoms with Crippen LogP contribution in [0.25, 0.3) is 0 Å². The molecular weight excluding hydrogens is 500 g/mol. The Balaban J connectivity index is 1.78. The van der Waals surface area contributed by atoms with Crippen LogP contribution in [0.1, 0.15) is 72.6 Å². The molecule has 0 heterocycles. The maximum Gasteiger partial charge on any atom is 0.302 e. The van der Waals surface area contributed by atoms with Crippen molar-refractivity contribution in [3.05, 3.63) is 0 Å². The first-order valence-corrected chi connectivity index (χ1v) is 12.7. The van der Waals surface area contributed by atoms with E-state index in [1.807, 2.05) is 0 Å². The number of carbonyl (C=O) groups is 3. The molecule has 0 aromatic rings. The van der Waals surface area contributed by atoms with Crippen LogP contribution in [0.15, 0.2) is 0 Å². The molecule has 0 aromatic heterocycles. The summed E-state index contributed by atoms with van der Waals surface area (Å²) in [6.45, 7) is 7.75. The summed E-state index contributed by atoms with van der Waals surface area (Å²) in [6.07, 6.45) is 5.92. The predicted octanol–water partition coefficient (Wildman–Crippen LogP) is 5.24. The number of esters is 1. The number of Topliss-reactive ketones (excluding diaryl/α,β-unsaturated/α-hetero) is 2. The molecule has 0 radical (unpaired) electrons. The summed E-state index contributed by atoms with van der Waals surface area (Å²) >= 11 is 7.59. The summed E-state index contributed by atoms with van der Waals surface area (Å²) in [5.74, 6) is 1.65. The molecule has 0 amide bonds. The van der Waals surface area contributed by atoms with Crippen LogP contribution in [-0.2, 0) is 19.1 Å². The Kier molecular flexibility index (Phi) is 5.42. The maximum atomic E-state index is 12.7. The SMILES string of the molecule is CC(=O)O[C@@H]1C[C@@]2(C)[C@@H](CC[C@]2(Br)C(C)=O)[C@@H]2CCC3C(Br)C(=O)CC[C@]3(C)[C@H]21. The van der Waals surface area contributed by atoms with Crippen LogP contribution in [0.3, 0.4) is 0 Å². The number of halogens is 2. The van der Waals surface area contributed by atoms with Crippen molar-refractivity contribution >= 4 is 49.4 Å². The molecule has 0 N–H and O–H groups in total. The number of carbonyl (C=O) groups excluding carboxylic acids is 3. The molecule has 2 unspecified atom stereocenters. The van der Waals surface area contributed by atoms with Crippen LogP contribution in [0, 0.1) is 34.5 Å². The van der Waals surface area contributed by atoms with E-state index in [-0.39, 0.29) is 45.3 Å². The van der Waals surface area contributed by atoms with E-state index in [1.165, 1.54) is 6.92 Å². The van der Waals surface area contributed by atoms with Gasteiger partial charge in [-0.25, -0.2) is 0 Å². The second kappa shape index (κ2) is 7.15. The van der Waals surface area contributed by atoms with E-state index in [4.69, 9.17) is 4.74 Å². The zero-order valence-electron chi connectivity index (χ0n) is 17.8. The molecule has 4 rings (SSSR count). The van der Waals surface area contributed by atoms with Gasteiger partial charge in [0.2, 0.25) is 0 Å². The molecule has 6 heteroatoms. The second-order valence-electron chi connectivity index (χ2n) is 10.5. The van der Waals surface area contributed by atoms with Crippen molar-refractivity contribution in [2.45, 2.75) is 87.9 Å². The van der Waals surface area contributed by atoms with Crippen LogP contribution < -0.4 is 0 Å². The first kappa shape index (κ1) is 22.0. The maximum absolute atomic E-state index is 12.7. The van der Waals surface area contributed by atoms with E-state index in [9.17, 15) is 14.4 Å². The predicted molar refractivity (Wildman–Crippen MR) is 118 cm³/mol. The summed E-state index contributed by atoms with van der Waals surface area (Å²) in [6, 6.07) is 0. The Morgan fingerprint density at radius 3 is 2.38 bits per heavy atom. The molecular formula is C23H32Br2O4. The van der Waals surface area contributed by atoms with Gasteiger partial charge in [0.25, 0.3) is 0 Å².